The van der Waals surface area contributed by atoms with Gasteiger partial charge in [0.25, 0.3) is 5.91 Å². The summed E-state index contributed by atoms with van der Waals surface area (Å²) in [5.74, 6) is 0.547. The van der Waals surface area contributed by atoms with Crippen molar-refractivity contribution in [2.45, 2.75) is 46.7 Å². The molecule has 1 saturated heterocycles. The van der Waals surface area contributed by atoms with Gasteiger partial charge in [-0.2, -0.15) is 0 Å². The van der Waals surface area contributed by atoms with Crippen LogP contribution < -0.4 is 5.32 Å². The van der Waals surface area contributed by atoms with Gasteiger partial charge in [0, 0.05) is 62.5 Å². The van der Waals surface area contributed by atoms with Gasteiger partial charge in [-0.3, -0.25) is 9.69 Å². The Bertz CT molecular complexity index is 1270. The van der Waals surface area contributed by atoms with Gasteiger partial charge in [0.2, 0.25) is 0 Å². The van der Waals surface area contributed by atoms with Crippen LogP contribution in [-0.4, -0.2) is 64.7 Å². The Labute approximate surface area is 212 Å². The molecule has 1 amide bonds. The zero-order valence-corrected chi connectivity index (χ0v) is 21.6. The minimum atomic E-state index is -0.227. The maximum Gasteiger partial charge on any atom is 0.254 e. The van der Waals surface area contributed by atoms with Crippen molar-refractivity contribution in [1.29, 1.82) is 0 Å². The summed E-state index contributed by atoms with van der Waals surface area (Å²) >= 11 is 0. The molecule has 1 saturated carbocycles. The largest absolute Gasteiger partial charge is 0.395 e. The number of aryl methyl sites for hydroxylation is 2. The van der Waals surface area contributed by atoms with Gasteiger partial charge in [0.05, 0.1) is 17.8 Å². The van der Waals surface area contributed by atoms with Crippen LogP contribution in [0.15, 0.2) is 30.3 Å². The maximum absolute atomic E-state index is 13.7. The number of hydrogen-bond donors (Lipinski definition) is 2. The SMILES string of the molecule is Cc1cc(F)ccc1CNc1cc(C(=O)N2CCN(CCO)CC2)cc2c(C)c(C)n(CC3CC3)c12. The summed E-state index contributed by atoms with van der Waals surface area (Å²) in [6.07, 6.45) is 2.54. The fourth-order valence-corrected chi connectivity index (χ4v) is 5.37. The smallest absolute Gasteiger partial charge is 0.254 e. The lowest BCUT2D eigenvalue weighted by atomic mass is 10.0. The number of aliphatic hydroxyl groups is 1. The Morgan fingerprint density at radius 3 is 2.50 bits per heavy atom. The number of nitrogens with one attached hydrogen (secondary N) is 1. The van der Waals surface area contributed by atoms with Crippen molar-refractivity contribution in [3.63, 3.8) is 0 Å². The number of amides is 1. The molecular formula is C29H37FN4O2. The lowest BCUT2D eigenvalue weighted by molar-refractivity contribution is 0.0615. The summed E-state index contributed by atoms with van der Waals surface area (Å²) in [6.45, 7) is 11.5. The number of piperazine rings is 1. The molecule has 6 nitrogen and oxygen atoms in total. The number of carbonyl (C=O) groups excluding carboxylic acids is 1. The van der Waals surface area contributed by atoms with E-state index in [9.17, 15) is 14.3 Å². The lowest BCUT2D eigenvalue weighted by Gasteiger charge is -2.34. The molecular weight excluding hydrogens is 455 g/mol. The Morgan fingerprint density at radius 1 is 1.08 bits per heavy atom. The summed E-state index contributed by atoms with van der Waals surface area (Å²) in [7, 11) is 0. The first-order valence-electron chi connectivity index (χ1n) is 13.1. The molecule has 5 rings (SSSR count). The second kappa shape index (κ2) is 10.2. The zero-order valence-electron chi connectivity index (χ0n) is 21.6. The highest BCUT2D eigenvalue weighted by Crippen LogP contribution is 2.38. The predicted octanol–water partition coefficient (Wildman–Crippen LogP) is 4.48. The number of nitrogens with zero attached hydrogens (tertiary/aromatic N) is 3. The molecule has 3 aromatic rings. The van der Waals surface area contributed by atoms with E-state index in [0.717, 1.165) is 53.3 Å². The molecule has 0 bridgehead atoms. The Kier molecular flexibility index (Phi) is 7.04. The van der Waals surface area contributed by atoms with Crippen LogP contribution in [0, 0.1) is 32.5 Å². The fraction of sp³-hybridized carbons (Fsp3) is 0.483. The first-order valence-corrected chi connectivity index (χ1v) is 13.1. The number of aliphatic hydroxyl groups excluding tert-OH is 1. The van der Waals surface area contributed by atoms with Gasteiger partial charge in [-0.05, 0) is 80.5 Å². The quantitative estimate of drug-likeness (QED) is 0.487. The van der Waals surface area contributed by atoms with Crippen LogP contribution in [0.5, 0.6) is 0 Å². The van der Waals surface area contributed by atoms with Crippen LogP contribution in [0.2, 0.25) is 0 Å². The second-order valence-electron chi connectivity index (χ2n) is 10.5. The topological polar surface area (TPSA) is 60.7 Å². The molecule has 2 fully saturated rings. The van der Waals surface area contributed by atoms with Gasteiger partial charge < -0.3 is 19.9 Å². The number of halogens is 1. The fourth-order valence-electron chi connectivity index (χ4n) is 5.37. The van der Waals surface area contributed by atoms with Crippen LogP contribution in [0.1, 0.15) is 45.6 Å². The van der Waals surface area contributed by atoms with E-state index in [1.165, 1.54) is 30.2 Å². The van der Waals surface area contributed by atoms with Crippen molar-refractivity contribution in [2.75, 3.05) is 44.6 Å². The molecule has 2 aliphatic rings. The molecule has 0 unspecified atom stereocenters. The van der Waals surface area contributed by atoms with E-state index >= 15 is 0 Å². The van der Waals surface area contributed by atoms with E-state index in [-0.39, 0.29) is 18.3 Å². The lowest BCUT2D eigenvalue weighted by Crippen LogP contribution is -2.49. The van der Waals surface area contributed by atoms with Crippen molar-refractivity contribution in [3.8, 4) is 0 Å². The van der Waals surface area contributed by atoms with Crippen LogP contribution in [0.4, 0.5) is 10.1 Å². The molecule has 0 atom stereocenters. The minimum Gasteiger partial charge on any atom is -0.395 e. The first kappa shape index (κ1) is 24.8. The van der Waals surface area contributed by atoms with Crippen LogP contribution in [0.25, 0.3) is 10.9 Å². The molecule has 1 aliphatic carbocycles. The van der Waals surface area contributed by atoms with Crippen molar-refractivity contribution >= 4 is 22.5 Å². The monoisotopic (exact) mass is 492 g/mol. The third kappa shape index (κ3) is 5.00. The molecule has 0 spiro atoms. The molecule has 1 aliphatic heterocycles. The van der Waals surface area contributed by atoms with Gasteiger partial charge in [-0.25, -0.2) is 4.39 Å². The number of hydrogen-bond acceptors (Lipinski definition) is 4. The number of fused-ring (bicyclic) bond motifs is 1. The Hall–Kier alpha value is -2.90. The second-order valence-corrected chi connectivity index (χ2v) is 10.5. The van der Waals surface area contributed by atoms with Gasteiger partial charge in [-0.1, -0.05) is 6.07 Å². The molecule has 1 aromatic heterocycles. The van der Waals surface area contributed by atoms with E-state index in [0.29, 0.717) is 31.7 Å². The van der Waals surface area contributed by atoms with E-state index in [1.807, 2.05) is 24.0 Å². The first-order chi connectivity index (χ1) is 17.4. The highest BCUT2D eigenvalue weighted by molar-refractivity contribution is 6.04. The predicted molar refractivity (Wildman–Crippen MR) is 142 cm³/mol. The summed E-state index contributed by atoms with van der Waals surface area (Å²) in [6, 6.07) is 8.96. The van der Waals surface area contributed by atoms with Crippen molar-refractivity contribution in [1.82, 2.24) is 14.4 Å². The van der Waals surface area contributed by atoms with E-state index < -0.39 is 0 Å². The number of β-amino-alcohol motifs (C(OH)–C–C–N with tert-alkyl or cyclic N) is 1. The number of anilines is 1. The number of carbonyl (C=O) groups is 1. The van der Waals surface area contributed by atoms with E-state index in [4.69, 9.17) is 0 Å². The number of aromatic nitrogens is 1. The van der Waals surface area contributed by atoms with Gasteiger partial charge in [-0.15, -0.1) is 0 Å². The highest BCUT2D eigenvalue weighted by Gasteiger charge is 2.27. The molecule has 0 radical (unpaired) electrons. The van der Waals surface area contributed by atoms with Crippen LogP contribution in [0.3, 0.4) is 0 Å². The average molecular weight is 493 g/mol. The van der Waals surface area contributed by atoms with Crippen LogP contribution in [-0.2, 0) is 13.1 Å². The minimum absolute atomic E-state index is 0.0496. The normalized spacial score (nSPS) is 16.6. The molecule has 36 heavy (non-hydrogen) atoms. The zero-order chi connectivity index (χ0) is 25.4. The summed E-state index contributed by atoms with van der Waals surface area (Å²) in [5, 5.41) is 14.0. The van der Waals surface area contributed by atoms with E-state index in [1.54, 1.807) is 6.07 Å². The molecule has 2 heterocycles. The highest BCUT2D eigenvalue weighted by atomic mass is 19.1. The third-order valence-electron chi connectivity index (χ3n) is 7.97. The standard InChI is InChI=1S/C29H37FN4O2/c1-19-14-25(30)7-6-23(19)17-31-27-16-24(29(36)33-10-8-32(9-11-33)12-13-35)15-26-20(2)21(3)34(28(26)27)18-22-4-5-22/h6-7,14-16,22,31,35H,4-5,8-13,17-18H2,1-3H3. The Balaban J connectivity index is 1.49. The van der Waals surface area contributed by atoms with Gasteiger partial charge in [0.15, 0.2) is 0 Å². The molecule has 192 valence electrons. The summed E-state index contributed by atoms with van der Waals surface area (Å²) < 4.78 is 16.1. The van der Waals surface area contributed by atoms with E-state index in [2.05, 4.69) is 34.7 Å². The molecule has 2 aromatic carbocycles. The van der Waals surface area contributed by atoms with Gasteiger partial charge in [0.1, 0.15) is 5.82 Å². The summed E-state index contributed by atoms with van der Waals surface area (Å²) in [5.41, 5.74) is 7.22. The van der Waals surface area contributed by atoms with Crippen molar-refractivity contribution < 1.29 is 14.3 Å². The van der Waals surface area contributed by atoms with Crippen molar-refractivity contribution in [3.05, 3.63) is 64.1 Å². The number of rotatable bonds is 8. The van der Waals surface area contributed by atoms with Crippen LogP contribution >= 0.6 is 0 Å². The Morgan fingerprint density at radius 2 is 1.83 bits per heavy atom. The average Bonchev–Trinajstić information content (AvgIpc) is 3.66. The van der Waals surface area contributed by atoms with Crippen molar-refractivity contribution in [2.24, 2.45) is 5.92 Å². The molecule has 7 heteroatoms. The maximum atomic E-state index is 13.7. The third-order valence-corrected chi connectivity index (χ3v) is 7.97. The number of benzene rings is 2. The van der Waals surface area contributed by atoms with Gasteiger partial charge >= 0.3 is 0 Å². The molecule has 2 N–H and O–H groups in total. The summed E-state index contributed by atoms with van der Waals surface area (Å²) in [4.78, 5) is 17.7.